The number of benzene rings is 2. The van der Waals surface area contributed by atoms with E-state index in [0.29, 0.717) is 17.9 Å². The zero-order valence-electron chi connectivity index (χ0n) is 19.7. The van der Waals surface area contributed by atoms with Crippen LogP contribution in [0.1, 0.15) is 43.9 Å². The SMILES string of the molecule is CC(C)Oc1ccc(N(C)S(=O)(=O)C(F)(F)F)cc1CN[C@H]1CCCN[C@H]1c1ccccc1.Cl.Cl. The third kappa shape index (κ3) is 7.63. The normalized spacial score (nSPS) is 18.4. The Morgan fingerprint density at radius 1 is 1.14 bits per heavy atom. The Morgan fingerprint density at radius 2 is 1.80 bits per heavy atom. The van der Waals surface area contributed by atoms with Crippen molar-refractivity contribution in [1.29, 1.82) is 0 Å². The van der Waals surface area contributed by atoms with Crippen molar-refractivity contribution in [2.45, 2.75) is 56.9 Å². The molecule has 1 fully saturated rings. The van der Waals surface area contributed by atoms with Crippen molar-refractivity contribution in [3.8, 4) is 5.75 Å². The van der Waals surface area contributed by atoms with Gasteiger partial charge in [-0.3, -0.25) is 4.31 Å². The van der Waals surface area contributed by atoms with Gasteiger partial charge >= 0.3 is 15.5 Å². The Balaban J connectivity index is 0.00000306. The minimum Gasteiger partial charge on any atom is -0.491 e. The first-order chi connectivity index (χ1) is 15.5. The van der Waals surface area contributed by atoms with E-state index in [1.165, 1.54) is 18.2 Å². The maximum Gasteiger partial charge on any atom is 0.516 e. The third-order valence-corrected chi connectivity index (χ3v) is 7.11. The van der Waals surface area contributed by atoms with Crippen LogP contribution in [-0.4, -0.2) is 39.7 Å². The molecule has 2 N–H and O–H groups in total. The number of nitrogens with one attached hydrogen (secondary N) is 2. The van der Waals surface area contributed by atoms with Crippen molar-refractivity contribution in [2.24, 2.45) is 0 Å². The van der Waals surface area contributed by atoms with Crippen LogP contribution in [-0.2, 0) is 16.6 Å². The molecule has 0 aromatic heterocycles. The molecular weight excluding hydrogens is 526 g/mol. The predicted molar refractivity (Wildman–Crippen MR) is 137 cm³/mol. The minimum absolute atomic E-state index is 0. The number of halogens is 5. The number of hydrogen-bond donors (Lipinski definition) is 2. The molecule has 0 saturated carbocycles. The maximum absolute atomic E-state index is 13.0. The highest BCUT2D eigenvalue weighted by atomic mass is 35.5. The van der Waals surface area contributed by atoms with E-state index < -0.39 is 15.5 Å². The van der Waals surface area contributed by atoms with Crippen LogP contribution in [0, 0.1) is 0 Å². The molecule has 0 spiro atoms. The molecule has 198 valence electrons. The number of nitrogens with zero attached hydrogens (tertiary/aromatic N) is 1. The van der Waals surface area contributed by atoms with E-state index in [1.54, 1.807) is 0 Å². The van der Waals surface area contributed by atoms with E-state index in [9.17, 15) is 21.6 Å². The molecule has 6 nitrogen and oxygen atoms in total. The molecule has 0 amide bonds. The summed E-state index contributed by atoms with van der Waals surface area (Å²) < 4.78 is 69.0. The predicted octanol–water partition coefficient (Wildman–Crippen LogP) is 5.19. The van der Waals surface area contributed by atoms with Gasteiger partial charge < -0.3 is 15.4 Å². The number of ether oxygens (including phenoxy) is 1. The molecule has 0 radical (unpaired) electrons. The second-order valence-electron chi connectivity index (χ2n) is 8.35. The lowest BCUT2D eigenvalue weighted by molar-refractivity contribution is -0.0437. The minimum atomic E-state index is -5.50. The zero-order chi connectivity index (χ0) is 24.2. The van der Waals surface area contributed by atoms with Gasteiger partial charge in [0.15, 0.2) is 0 Å². The summed E-state index contributed by atoms with van der Waals surface area (Å²) in [5, 5.41) is 7.03. The van der Waals surface area contributed by atoms with Crippen LogP contribution >= 0.6 is 24.8 Å². The van der Waals surface area contributed by atoms with Gasteiger partial charge in [0.2, 0.25) is 0 Å². The first-order valence-electron chi connectivity index (χ1n) is 10.9. The van der Waals surface area contributed by atoms with E-state index in [-0.39, 0.29) is 53.0 Å². The highest BCUT2D eigenvalue weighted by Gasteiger charge is 2.49. The van der Waals surface area contributed by atoms with Crippen molar-refractivity contribution in [3.63, 3.8) is 0 Å². The summed E-state index contributed by atoms with van der Waals surface area (Å²) in [5.74, 6) is 0.499. The van der Waals surface area contributed by atoms with Crippen molar-refractivity contribution in [1.82, 2.24) is 10.6 Å². The molecule has 2 aromatic rings. The Hall–Kier alpha value is -1.72. The summed E-state index contributed by atoms with van der Waals surface area (Å²) in [7, 11) is -4.60. The van der Waals surface area contributed by atoms with Gasteiger partial charge in [-0.05, 0) is 57.0 Å². The van der Waals surface area contributed by atoms with Crippen LogP contribution in [0.5, 0.6) is 5.75 Å². The molecule has 2 aromatic carbocycles. The summed E-state index contributed by atoms with van der Waals surface area (Å²) in [6.45, 7) is 4.91. The van der Waals surface area contributed by atoms with Crippen LogP contribution in [0.3, 0.4) is 0 Å². The van der Waals surface area contributed by atoms with Crippen LogP contribution in [0.25, 0.3) is 0 Å². The molecule has 3 rings (SSSR count). The topological polar surface area (TPSA) is 70.7 Å². The van der Waals surface area contributed by atoms with Gasteiger partial charge in [0.25, 0.3) is 0 Å². The standard InChI is InChI=1S/C23H30F3N3O3S.2ClH/c1-16(2)32-21-12-11-19(29(3)33(30,31)23(24,25)26)14-18(21)15-28-20-10-7-13-27-22(20)17-8-5-4-6-9-17;;/h4-6,8-9,11-12,14,16,20,22,27-28H,7,10,13,15H2,1-3H3;2*1H/t20-,22-;;/m0../s1. The van der Waals surface area contributed by atoms with Crippen molar-refractivity contribution in [2.75, 3.05) is 17.9 Å². The molecule has 12 heteroatoms. The number of rotatable bonds is 8. The fourth-order valence-corrected chi connectivity index (χ4v) is 4.62. The fourth-order valence-electron chi connectivity index (χ4n) is 3.92. The van der Waals surface area contributed by atoms with Crippen LogP contribution in [0.2, 0.25) is 0 Å². The Bertz CT molecular complexity index is 1040. The van der Waals surface area contributed by atoms with Gasteiger partial charge in [0.1, 0.15) is 5.75 Å². The monoisotopic (exact) mass is 557 g/mol. The van der Waals surface area contributed by atoms with Gasteiger partial charge in [0.05, 0.1) is 11.8 Å². The van der Waals surface area contributed by atoms with E-state index in [1.807, 2.05) is 32.0 Å². The average molecular weight is 558 g/mol. The van der Waals surface area contributed by atoms with E-state index in [2.05, 4.69) is 22.8 Å². The highest BCUT2D eigenvalue weighted by molar-refractivity contribution is 7.93. The smallest absolute Gasteiger partial charge is 0.491 e. The molecule has 1 aliphatic rings. The zero-order valence-corrected chi connectivity index (χ0v) is 22.2. The lowest BCUT2D eigenvalue weighted by Crippen LogP contribution is -2.45. The summed E-state index contributed by atoms with van der Waals surface area (Å²) in [6, 6.07) is 14.5. The molecule has 2 atom stereocenters. The number of alkyl halides is 3. The molecule has 35 heavy (non-hydrogen) atoms. The molecule has 1 saturated heterocycles. The van der Waals surface area contributed by atoms with Crippen LogP contribution < -0.4 is 19.7 Å². The number of hydrogen-bond acceptors (Lipinski definition) is 5. The lowest BCUT2D eigenvalue weighted by atomic mass is 9.92. The number of anilines is 1. The third-order valence-electron chi connectivity index (χ3n) is 5.60. The first kappa shape index (κ1) is 31.3. The molecule has 0 unspecified atom stereocenters. The second-order valence-corrected chi connectivity index (χ2v) is 10.3. The number of piperidine rings is 1. The average Bonchev–Trinajstić information content (AvgIpc) is 2.77. The van der Waals surface area contributed by atoms with Crippen LogP contribution in [0.15, 0.2) is 48.5 Å². The Kier molecular flexibility index (Phi) is 11.6. The lowest BCUT2D eigenvalue weighted by Gasteiger charge is -2.34. The fraction of sp³-hybridized carbons (Fsp3) is 0.478. The summed E-state index contributed by atoms with van der Waals surface area (Å²) >= 11 is 0. The molecular formula is C23H32Cl2F3N3O3S. The Morgan fingerprint density at radius 3 is 2.40 bits per heavy atom. The molecule has 0 aliphatic carbocycles. The van der Waals surface area contributed by atoms with Gasteiger partial charge in [-0.25, -0.2) is 0 Å². The highest BCUT2D eigenvalue weighted by Crippen LogP contribution is 2.33. The van der Waals surface area contributed by atoms with Gasteiger partial charge in [0, 0.05) is 31.2 Å². The number of sulfonamides is 1. The van der Waals surface area contributed by atoms with Gasteiger partial charge in [-0.15, -0.1) is 24.8 Å². The molecule has 1 aliphatic heterocycles. The largest absolute Gasteiger partial charge is 0.516 e. The van der Waals surface area contributed by atoms with E-state index >= 15 is 0 Å². The van der Waals surface area contributed by atoms with Crippen LogP contribution in [0.4, 0.5) is 18.9 Å². The first-order valence-corrected chi connectivity index (χ1v) is 12.3. The van der Waals surface area contributed by atoms with E-state index in [4.69, 9.17) is 4.74 Å². The summed E-state index contributed by atoms with van der Waals surface area (Å²) in [5.41, 5.74) is -3.73. The van der Waals surface area contributed by atoms with Crippen molar-refractivity contribution < 1.29 is 26.3 Å². The van der Waals surface area contributed by atoms with Gasteiger partial charge in [-0.1, -0.05) is 30.3 Å². The second kappa shape index (κ2) is 13.0. The maximum atomic E-state index is 13.0. The Labute approximate surface area is 217 Å². The quantitative estimate of drug-likeness (QED) is 0.467. The molecule has 0 bridgehead atoms. The summed E-state index contributed by atoms with van der Waals surface area (Å²) in [4.78, 5) is 0. The molecule has 1 heterocycles. The van der Waals surface area contributed by atoms with Gasteiger partial charge in [-0.2, -0.15) is 21.6 Å². The summed E-state index contributed by atoms with van der Waals surface area (Å²) in [6.07, 6.45) is 1.76. The van der Waals surface area contributed by atoms with Crippen molar-refractivity contribution in [3.05, 3.63) is 59.7 Å². The van der Waals surface area contributed by atoms with Crippen molar-refractivity contribution >= 4 is 40.5 Å². The van der Waals surface area contributed by atoms with E-state index in [0.717, 1.165) is 32.0 Å².